The number of hydrogen-bond acceptors (Lipinski definition) is 6. The van der Waals surface area contributed by atoms with Crippen LogP contribution in [0.1, 0.15) is 10.7 Å². The van der Waals surface area contributed by atoms with E-state index in [1.54, 1.807) is 17.5 Å². The third-order valence-corrected chi connectivity index (χ3v) is 3.02. The molecule has 0 radical (unpaired) electrons. The van der Waals surface area contributed by atoms with Crippen LogP contribution in [-0.2, 0) is 0 Å². The Labute approximate surface area is 91.4 Å². The van der Waals surface area contributed by atoms with Gasteiger partial charge in [-0.25, -0.2) is 20.8 Å². The number of aryl methyl sites for hydroxylation is 2. The Morgan fingerprint density at radius 3 is 2.73 bits per heavy atom. The van der Waals surface area contributed by atoms with Gasteiger partial charge in [0.05, 0.1) is 21.3 Å². The maximum absolute atomic E-state index is 5.25. The molecule has 0 amide bonds. The molecular formula is C9H11N5S. The van der Waals surface area contributed by atoms with Crippen molar-refractivity contribution in [1.82, 2.24) is 15.0 Å². The number of nitrogens with two attached hydrogens (primary N) is 1. The fourth-order valence-corrected chi connectivity index (χ4v) is 2.21. The van der Waals surface area contributed by atoms with Gasteiger partial charge >= 0.3 is 0 Å². The highest BCUT2D eigenvalue weighted by atomic mass is 32.1. The summed E-state index contributed by atoms with van der Waals surface area (Å²) in [5.41, 5.74) is 4.26. The monoisotopic (exact) mass is 221 g/mol. The normalized spacial score (nSPS) is 10.3. The first-order chi connectivity index (χ1) is 7.20. The van der Waals surface area contributed by atoms with E-state index in [2.05, 4.69) is 20.4 Å². The van der Waals surface area contributed by atoms with Gasteiger partial charge < -0.3 is 0 Å². The number of rotatable bonds is 2. The van der Waals surface area contributed by atoms with E-state index in [9.17, 15) is 0 Å². The first-order valence-electron chi connectivity index (χ1n) is 4.45. The highest BCUT2D eigenvalue weighted by Crippen LogP contribution is 2.28. The van der Waals surface area contributed by atoms with Gasteiger partial charge in [0, 0.05) is 6.20 Å². The average molecular weight is 221 g/mol. The maximum atomic E-state index is 5.25. The van der Waals surface area contributed by atoms with Crippen molar-refractivity contribution in [3.63, 3.8) is 0 Å². The predicted molar refractivity (Wildman–Crippen MR) is 60.4 cm³/mol. The summed E-state index contributed by atoms with van der Waals surface area (Å²) in [5, 5.41) is 1.03. The van der Waals surface area contributed by atoms with Crippen molar-refractivity contribution in [3.05, 3.63) is 23.0 Å². The Hall–Kier alpha value is -1.53. The first-order valence-corrected chi connectivity index (χ1v) is 5.26. The van der Waals surface area contributed by atoms with Gasteiger partial charge in [-0.15, -0.1) is 11.3 Å². The van der Waals surface area contributed by atoms with E-state index in [4.69, 9.17) is 5.84 Å². The van der Waals surface area contributed by atoms with Crippen molar-refractivity contribution >= 4 is 17.3 Å². The molecule has 0 bridgehead atoms. The third-order valence-electron chi connectivity index (χ3n) is 1.92. The highest BCUT2D eigenvalue weighted by Gasteiger charge is 2.09. The van der Waals surface area contributed by atoms with Gasteiger partial charge in [-0.05, 0) is 19.9 Å². The summed E-state index contributed by atoms with van der Waals surface area (Å²) in [6.45, 7) is 3.95. The van der Waals surface area contributed by atoms with E-state index in [1.807, 2.05) is 19.9 Å². The van der Waals surface area contributed by atoms with Gasteiger partial charge in [0.15, 0.2) is 0 Å². The number of hydrazine groups is 1. The van der Waals surface area contributed by atoms with Crippen LogP contribution < -0.4 is 11.3 Å². The van der Waals surface area contributed by atoms with Gasteiger partial charge in [-0.2, -0.15) is 0 Å². The van der Waals surface area contributed by atoms with Crippen molar-refractivity contribution in [1.29, 1.82) is 0 Å². The highest BCUT2D eigenvalue weighted by molar-refractivity contribution is 7.15. The molecular weight excluding hydrogens is 210 g/mol. The number of nitrogens with zero attached hydrogens (tertiary/aromatic N) is 3. The molecule has 5 nitrogen and oxygen atoms in total. The Kier molecular flexibility index (Phi) is 2.61. The number of thiazole rings is 1. The zero-order valence-corrected chi connectivity index (χ0v) is 9.30. The minimum Gasteiger partial charge on any atom is -0.292 e. The molecule has 2 aromatic heterocycles. The molecule has 78 valence electrons. The number of nitrogen functional groups attached to an aromatic ring is 1. The minimum absolute atomic E-state index is 0.415. The third kappa shape index (κ3) is 1.95. The summed E-state index contributed by atoms with van der Waals surface area (Å²) in [6, 6.07) is 1.85. The molecule has 0 atom stereocenters. The van der Waals surface area contributed by atoms with Crippen molar-refractivity contribution < 1.29 is 0 Å². The van der Waals surface area contributed by atoms with Crippen LogP contribution in [0.15, 0.2) is 12.3 Å². The molecule has 15 heavy (non-hydrogen) atoms. The van der Waals surface area contributed by atoms with Crippen molar-refractivity contribution in [3.8, 4) is 10.6 Å². The zero-order valence-electron chi connectivity index (χ0n) is 8.48. The molecule has 3 N–H and O–H groups in total. The molecule has 2 aromatic rings. The van der Waals surface area contributed by atoms with Crippen LogP contribution in [0.3, 0.4) is 0 Å². The summed E-state index contributed by atoms with van der Waals surface area (Å²) in [6.07, 6.45) is 1.67. The smallest absolute Gasteiger partial charge is 0.237 e. The van der Waals surface area contributed by atoms with Crippen molar-refractivity contribution in [2.75, 3.05) is 5.43 Å². The number of hydrogen-bond donors (Lipinski definition) is 2. The second-order valence-electron chi connectivity index (χ2n) is 3.06. The van der Waals surface area contributed by atoms with E-state index in [-0.39, 0.29) is 0 Å². The van der Waals surface area contributed by atoms with Gasteiger partial charge in [-0.3, -0.25) is 5.43 Å². The molecule has 0 saturated heterocycles. The average Bonchev–Trinajstić information content (AvgIpc) is 2.58. The number of anilines is 1. The van der Waals surface area contributed by atoms with Gasteiger partial charge in [-0.1, -0.05) is 0 Å². The molecule has 0 unspecified atom stereocenters. The van der Waals surface area contributed by atoms with Crippen molar-refractivity contribution in [2.45, 2.75) is 13.8 Å². The first kappa shape index (κ1) is 10.0. The summed E-state index contributed by atoms with van der Waals surface area (Å²) in [4.78, 5) is 13.6. The molecule has 0 saturated carbocycles. The number of nitrogens with one attached hydrogen (secondary N) is 1. The molecule has 0 fully saturated rings. The molecule has 2 rings (SSSR count). The van der Waals surface area contributed by atoms with Crippen LogP contribution in [-0.4, -0.2) is 15.0 Å². The second kappa shape index (κ2) is 3.92. The fourth-order valence-electron chi connectivity index (χ4n) is 1.32. The van der Waals surface area contributed by atoms with Crippen LogP contribution in [0.5, 0.6) is 0 Å². The topological polar surface area (TPSA) is 76.7 Å². The van der Waals surface area contributed by atoms with E-state index in [1.165, 1.54) is 0 Å². The minimum atomic E-state index is 0.415. The lowest BCUT2D eigenvalue weighted by Gasteiger charge is -2.00. The lowest BCUT2D eigenvalue weighted by Crippen LogP contribution is -2.10. The Bertz CT molecular complexity index is 479. The second-order valence-corrected chi connectivity index (χ2v) is 4.26. The lowest BCUT2D eigenvalue weighted by atomic mass is 10.3. The van der Waals surface area contributed by atoms with Gasteiger partial charge in [0.1, 0.15) is 0 Å². The van der Waals surface area contributed by atoms with Crippen LogP contribution >= 0.6 is 11.3 Å². The Balaban J connectivity index is 2.49. The quantitative estimate of drug-likeness (QED) is 0.593. The fraction of sp³-hybridized carbons (Fsp3) is 0.222. The summed E-state index contributed by atoms with van der Waals surface area (Å²) in [5.74, 6) is 5.67. The molecule has 2 heterocycles. The van der Waals surface area contributed by atoms with E-state index >= 15 is 0 Å². The summed E-state index contributed by atoms with van der Waals surface area (Å²) in [7, 11) is 0. The molecule has 0 aromatic carbocycles. The van der Waals surface area contributed by atoms with E-state index < -0.39 is 0 Å². The molecule has 0 aliphatic rings. The van der Waals surface area contributed by atoms with Gasteiger partial charge in [0.2, 0.25) is 5.95 Å². The summed E-state index contributed by atoms with van der Waals surface area (Å²) >= 11 is 1.62. The van der Waals surface area contributed by atoms with Crippen molar-refractivity contribution in [2.24, 2.45) is 5.84 Å². The van der Waals surface area contributed by atoms with E-state index in [0.717, 1.165) is 21.3 Å². The standard InChI is InChI=1S/C9H11N5S/c1-5-8(15-6(2)12-5)7-3-4-11-9(13-7)14-10/h3-4H,10H2,1-2H3,(H,11,13,14). The Morgan fingerprint density at radius 2 is 2.13 bits per heavy atom. The van der Waals surface area contributed by atoms with Crippen LogP contribution in [0.25, 0.3) is 10.6 Å². The molecule has 0 spiro atoms. The number of aromatic nitrogens is 3. The lowest BCUT2D eigenvalue weighted by molar-refractivity contribution is 1.12. The summed E-state index contributed by atoms with van der Waals surface area (Å²) < 4.78 is 0. The zero-order chi connectivity index (χ0) is 10.8. The Morgan fingerprint density at radius 1 is 1.33 bits per heavy atom. The van der Waals surface area contributed by atoms with Gasteiger partial charge in [0.25, 0.3) is 0 Å². The van der Waals surface area contributed by atoms with E-state index in [0.29, 0.717) is 5.95 Å². The molecule has 0 aliphatic heterocycles. The molecule has 0 aliphatic carbocycles. The largest absolute Gasteiger partial charge is 0.292 e. The molecule has 6 heteroatoms. The van der Waals surface area contributed by atoms with Crippen LogP contribution in [0.2, 0.25) is 0 Å². The predicted octanol–water partition coefficient (Wildman–Crippen LogP) is 1.50. The van der Waals surface area contributed by atoms with Crippen LogP contribution in [0, 0.1) is 13.8 Å². The SMILES string of the molecule is Cc1nc(C)c(-c2ccnc(NN)n2)s1. The maximum Gasteiger partial charge on any atom is 0.237 e. The van der Waals surface area contributed by atoms with Crippen LogP contribution in [0.4, 0.5) is 5.95 Å².